The molecule has 1 atom stereocenters. The average molecular weight is 499 g/mol. The van der Waals surface area contributed by atoms with Crippen LogP contribution in [0.2, 0.25) is 0 Å². The molecule has 2 aromatic heterocycles. The lowest BCUT2D eigenvalue weighted by Crippen LogP contribution is -2.29. The van der Waals surface area contributed by atoms with Crippen molar-refractivity contribution in [3.8, 4) is 11.1 Å². The lowest BCUT2D eigenvalue weighted by atomic mass is 9.96. The summed E-state index contributed by atoms with van der Waals surface area (Å²) in [5.74, 6) is 1.00. The van der Waals surface area contributed by atoms with E-state index in [0.717, 1.165) is 42.0 Å². The van der Waals surface area contributed by atoms with Gasteiger partial charge in [0, 0.05) is 42.1 Å². The molecule has 0 bridgehead atoms. The first-order valence-electron chi connectivity index (χ1n) is 13.2. The number of benzene rings is 1. The van der Waals surface area contributed by atoms with Crippen molar-refractivity contribution < 1.29 is 9.59 Å². The minimum atomic E-state index is -0.343. The summed E-state index contributed by atoms with van der Waals surface area (Å²) < 4.78 is 0. The first-order chi connectivity index (χ1) is 18.0. The van der Waals surface area contributed by atoms with Gasteiger partial charge in [-0.1, -0.05) is 36.8 Å². The summed E-state index contributed by atoms with van der Waals surface area (Å²) in [6, 6.07) is 13.5. The quantitative estimate of drug-likeness (QED) is 0.357. The Bertz CT molecular complexity index is 1260. The van der Waals surface area contributed by atoms with E-state index in [9.17, 15) is 9.59 Å². The summed E-state index contributed by atoms with van der Waals surface area (Å²) in [6.45, 7) is 4.89. The molecule has 192 valence electrons. The van der Waals surface area contributed by atoms with Crippen molar-refractivity contribution in [2.75, 3.05) is 30.3 Å². The summed E-state index contributed by atoms with van der Waals surface area (Å²) in [6.07, 6.45) is 11.3. The summed E-state index contributed by atoms with van der Waals surface area (Å²) in [4.78, 5) is 31.9. The van der Waals surface area contributed by atoms with Gasteiger partial charge in [0.05, 0.1) is 5.92 Å². The van der Waals surface area contributed by atoms with E-state index >= 15 is 0 Å². The number of piperidine rings is 1. The highest BCUT2D eigenvalue weighted by atomic mass is 16.2. The van der Waals surface area contributed by atoms with E-state index in [2.05, 4.69) is 30.7 Å². The molecule has 3 heterocycles. The molecule has 3 N–H and O–H groups in total. The zero-order valence-electron chi connectivity index (χ0n) is 21.2. The minimum Gasteiger partial charge on any atom is -0.309 e. The first-order valence-corrected chi connectivity index (χ1v) is 13.2. The number of carbonyl (C=O) groups is 2. The number of rotatable bonds is 9. The highest BCUT2D eigenvalue weighted by molar-refractivity contribution is 5.98. The second kappa shape index (κ2) is 11.5. The highest BCUT2D eigenvalue weighted by Gasteiger charge is 2.26. The van der Waals surface area contributed by atoms with Crippen LogP contribution in [0.3, 0.4) is 0 Å². The summed E-state index contributed by atoms with van der Waals surface area (Å²) in [5.41, 5.74) is 3.86. The Morgan fingerprint density at radius 3 is 2.65 bits per heavy atom. The number of nitrogens with one attached hydrogen (secondary N) is 3. The van der Waals surface area contributed by atoms with Crippen molar-refractivity contribution in [3.63, 3.8) is 0 Å². The molecule has 0 spiro atoms. The lowest BCUT2D eigenvalue weighted by Gasteiger charge is -2.24. The van der Waals surface area contributed by atoms with Gasteiger partial charge in [-0.05, 0) is 69.0 Å². The number of aromatic nitrogens is 3. The van der Waals surface area contributed by atoms with Crippen molar-refractivity contribution in [1.82, 2.24) is 20.1 Å². The molecule has 3 aromatic rings. The standard InChI is InChI=1S/C29H34N6O2/c1-20(29(37)32-27-18-25(33-34-27)21-10-11-21)22-7-5-8-23(17-22)24-12-13-26(30-19-24)31-28(36)9-6-16-35-14-3-2-4-15-35/h5-9,12-13,17-21H,2-4,10-11,14-16H2,1H3,(H,30,31,36)(H2,32,33,34,37). The van der Waals surface area contributed by atoms with Gasteiger partial charge in [0.1, 0.15) is 5.82 Å². The monoisotopic (exact) mass is 498 g/mol. The van der Waals surface area contributed by atoms with Crippen LogP contribution in [-0.2, 0) is 9.59 Å². The summed E-state index contributed by atoms with van der Waals surface area (Å²) in [5, 5.41) is 13.0. The van der Waals surface area contributed by atoms with Crippen LogP contribution in [0, 0.1) is 0 Å². The second-order valence-corrected chi connectivity index (χ2v) is 10.0. The van der Waals surface area contributed by atoms with E-state index in [0.29, 0.717) is 17.6 Å². The molecule has 1 saturated carbocycles. The zero-order valence-corrected chi connectivity index (χ0v) is 21.2. The maximum absolute atomic E-state index is 12.8. The number of pyridine rings is 1. The van der Waals surface area contributed by atoms with E-state index in [1.807, 2.05) is 49.4 Å². The van der Waals surface area contributed by atoms with Gasteiger partial charge < -0.3 is 10.6 Å². The molecule has 0 radical (unpaired) electrons. The van der Waals surface area contributed by atoms with Crippen LogP contribution in [0.15, 0.2) is 60.8 Å². The predicted molar refractivity (Wildman–Crippen MR) is 145 cm³/mol. The van der Waals surface area contributed by atoms with Crippen molar-refractivity contribution in [2.45, 2.75) is 50.9 Å². The molecule has 2 fully saturated rings. The van der Waals surface area contributed by atoms with Gasteiger partial charge in [-0.2, -0.15) is 5.10 Å². The number of carbonyl (C=O) groups excluding carboxylic acids is 2. The maximum Gasteiger partial charge on any atom is 0.249 e. The Morgan fingerprint density at radius 1 is 1.05 bits per heavy atom. The van der Waals surface area contributed by atoms with E-state index < -0.39 is 0 Å². The number of likely N-dealkylation sites (tertiary alicyclic amines) is 1. The molecule has 1 unspecified atom stereocenters. The van der Waals surface area contributed by atoms with Gasteiger partial charge in [0.25, 0.3) is 0 Å². The van der Waals surface area contributed by atoms with Crippen molar-refractivity contribution in [2.24, 2.45) is 0 Å². The molecule has 2 aliphatic rings. The fourth-order valence-corrected chi connectivity index (χ4v) is 4.63. The van der Waals surface area contributed by atoms with Crippen LogP contribution >= 0.6 is 0 Å². The number of nitrogens with zero attached hydrogens (tertiary/aromatic N) is 3. The van der Waals surface area contributed by atoms with E-state index in [-0.39, 0.29) is 17.7 Å². The number of aromatic amines is 1. The molecular formula is C29H34N6O2. The third-order valence-corrected chi connectivity index (χ3v) is 7.08. The Morgan fingerprint density at radius 2 is 1.89 bits per heavy atom. The fourth-order valence-electron chi connectivity index (χ4n) is 4.63. The van der Waals surface area contributed by atoms with Crippen LogP contribution < -0.4 is 10.6 Å². The number of anilines is 2. The van der Waals surface area contributed by atoms with Crippen LogP contribution in [0.4, 0.5) is 11.6 Å². The molecule has 8 heteroatoms. The van der Waals surface area contributed by atoms with Crippen molar-refractivity contribution in [3.05, 3.63) is 72.1 Å². The molecule has 5 rings (SSSR count). The van der Waals surface area contributed by atoms with Gasteiger partial charge in [-0.15, -0.1) is 0 Å². The SMILES string of the molecule is CC(C(=O)Nc1cc(C2CC2)[nH]n1)c1cccc(-c2ccc(NC(=O)C=CCN3CCCCC3)nc2)c1. The summed E-state index contributed by atoms with van der Waals surface area (Å²) in [7, 11) is 0. The van der Waals surface area contributed by atoms with Gasteiger partial charge in [-0.25, -0.2) is 4.98 Å². The lowest BCUT2D eigenvalue weighted by molar-refractivity contribution is -0.117. The van der Waals surface area contributed by atoms with Gasteiger partial charge in [-0.3, -0.25) is 19.6 Å². The van der Waals surface area contributed by atoms with Gasteiger partial charge in [0.2, 0.25) is 11.8 Å². The van der Waals surface area contributed by atoms with Gasteiger partial charge in [0.15, 0.2) is 5.82 Å². The average Bonchev–Trinajstić information content (AvgIpc) is 3.68. The Hall–Kier alpha value is -3.78. The molecule has 8 nitrogen and oxygen atoms in total. The maximum atomic E-state index is 12.8. The minimum absolute atomic E-state index is 0.101. The molecule has 1 aliphatic heterocycles. The Kier molecular flexibility index (Phi) is 7.75. The molecule has 1 aromatic carbocycles. The number of H-pyrrole nitrogens is 1. The van der Waals surface area contributed by atoms with Crippen LogP contribution in [0.5, 0.6) is 0 Å². The molecular weight excluding hydrogens is 464 g/mol. The van der Waals surface area contributed by atoms with Crippen LogP contribution in [0.25, 0.3) is 11.1 Å². The highest BCUT2D eigenvalue weighted by Crippen LogP contribution is 2.39. The number of hydrogen-bond donors (Lipinski definition) is 3. The van der Waals surface area contributed by atoms with E-state index in [1.54, 1.807) is 18.3 Å². The number of hydrogen-bond acceptors (Lipinski definition) is 5. The predicted octanol–water partition coefficient (Wildman–Crippen LogP) is 5.07. The zero-order chi connectivity index (χ0) is 25.6. The normalized spacial score (nSPS) is 17.0. The topological polar surface area (TPSA) is 103 Å². The van der Waals surface area contributed by atoms with Gasteiger partial charge >= 0.3 is 0 Å². The molecule has 2 amide bonds. The summed E-state index contributed by atoms with van der Waals surface area (Å²) >= 11 is 0. The molecule has 37 heavy (non-hydrogen) atoms. The third-order valence-electron chi connectivity index (χ3n) is 7.08. The van der Waals surface area contributed by atoms with Crippen molar-refractivity contribution >= 4 is 23.5 Å². The second-order valence-electron chi connectivity index (χ2n) is 10.0. The van der Waals surface area contributed by atoms with E-state index in [4.69, 9.17) is 0 Å². The molecule has 1 aliphatic carbocycles. The first kappa shape index (κ1) is 24.9. The molecule has 1 saturated heterocycles. The Labute approximate surface area is 217 Å². The number of amides is 2. The Balaban J connectivity index is 1.16. The largest absolute Gasteiger partial charge is 0.309 e. The van der Waals surface area contributed by atoms with E-state index in [1.165, 1.54) is 32.1 Å². The van der Waals surface area contributed by atoms with Crippen molar-refractivity contribution in [1.29, 1.82) is 0 Å². The van der Waals surface area contributed by atoms with Crippen LogP contribution in [-0.4, -0.2) is 51.5 Å². The smallest absolute Gasteiger partial charge is 0.249 e. The third kappa shape index (κ3) is 6.71. The fraction of sp³-hybridized carbons (Fsp3) is 0.379. The van der Waals surface area contributed by atoms with Crippen LogP contribution in [0.1, 0.15) is 62.1 Å².